The van der Waals surface area contributed by atoms with Gasteiger partial charge in [0.2, 0.25) is 35.4 Å². The fourth-order valence-corrected chi connectivity index (χ4v) is 12.2. The molecule has 2 saturated heterocycles. The Balaban J connectivity index is 1.16. The molecule has 0 saturated carbocycles. The zero-order valence-electron chi connectivity index (χ0n) is 58.7. The van der Waals surface area contributed by atoms with Gasteiger partial charge in [0.25, 0.3) is 0 Å². The number of aryl methyl sites for hydroxylation is 2. The number of hydrogen-bond acceptors (Lipinski definition) is 12. The van der Waals surface area contributed by atoms with Crippen LogP contribution in [0, 0.1) is 35.5 Å². The number of epoxide rings is 2. The van der Waals surface area contributed by atoms with E-state index >= 15 is 0 Å². The summed E-state index contributed by atoms with van der Waals surface area (Å²) in [5.74, 6) is -2.68. The van der Waals surface area contributed by atoms with Gasteiger partial charge in [-0.05, 0) is 142 Å². The monoisotopic (exact) mass is 1310 g/mol. The minimum absolute atomic E-state index is 0.00779. The Morgan fingerprint density at radius 1 is 0.358 bits per heavy atom. The quantitative estimate of drug-likeness (QED) is 0.0193. The summed E-state index contributed by atoms with van der Waals surface area (Å²) >= 11 is 0. The molecule has 0 aromatic heterocycles. The van der Waals surface area contributed by atoms with Gasteiger partial charge < -0.3 is 52.0 Å². The summed E-state index contributed by atoms with van der Waals surface area (Å²) in [6.45, 7) is 25.1. The number of hydrogen-bond donors (Lipinski definition) is 8. The highest BCUT2D eigenvalue weighted by Crippen LogP contribution is 2.31. The Kier molecular flexibility index (Phi) is 30.7. The third kappa shape index (κ3) is 26.1. The Morgan fingerprint density at radius 3 is 0.895 bits per heavy atom. The number of nitrogens with one attached hydrogen (secondary N) is 8. The van der Waals surface area contributed by atoms with E-state index in [1.54, 1.807) is 13.8 Å². The molecule has 0 spiro atoms. The standard InChI is InChI=1S/C77H112N8O10/c1-13-54(46-78-60(37-35-56-27-19-15-20-28-56)70(88)82-64(41-52(7)8)72(90)84-66(44-58-31-23-17-24-32-58)74(92)80-62(39-50(3)4)68(86)76(11)48-94-76)43-55(14-2)47-79-61(38-36-57-29-21-16-22-30-57)71(89)83-65(42-53(9)10)73(91)85-67(45-59-33-25-18-26-34-59)75(93)81-63(40-51(5)6)69(87)77(12)49-95-77/h15-34,50-55,60-67,78-79H,13-14,35-49H2,1-12H3,(H,80,92)(H,81,93)(H,82,88)(H,83,89)(H,84,90)(H,85,91)/t54?,55?,60-,61-,62-,63-,64-,65-,66-,67-,76+,77+/m0/s1. The molecule has 2 aliphatic heterocycles. The second-order valence-corrected chi connectivity index (χ2v) is 28.8. The summed E-state index contributed by atoms with van der Waals surface area (Å²) in [4.78, 5) is 115. The number of carbonyl (C=O) groups is 8. The molecule has 4 aromatic rings. The molecule has 95 heavy (non-hydrogen) atoms. The number of benzene rings is 4. The first kappa shape index (κ1) is 76.9. The second-order valence-electron chi connectivity index (χ2n) is 28.8. The minimum Gasteiger partial charge on any atom is -0.361 e. The van der Waals surface area contributed by atoms with E-state index in [0.717, 1.165) is 41.5 Å². The highest BCUT2D eigenvalue weighted by molar-refractivity contribution is 6.00. The van der Waals surface area contributed by atoms with Crippen molar-refractivity contribution in [3.05, 3.63) is 144 Å². The van der Waals surface area contributed by atoms with Crippen molar-refractivity contribution in [3.8, 4) is 0 Å². The lowest BCUT2D eigenvalue weighted by Gasteiger charge is -2.29. The molecule has 2 aliphatic rings. The molecule has 18 nitrogen and oxygen atoms in total. The SMILES string of the molecule is CCC(CN[C@@H](CCc1ccccc1)C(=O)N[C@@H](CC(C)C)C(=O)N[C@@H](Cc1ccccc1)C(=O)N[C@@H](CC(C)C)C(=O)[C@@]1(C)CO1)CC(CC)CN[C@@H](CCc1ccccc1)C(=O)N[C@@H](CC(C)C)C(=O)N[C@@H](Cc1ccccc1)C(=O)N[C@@H](CC(C)C)C(=O)[C@@]1(C)CO1. The Morgan fingerprint density at radius 2 is 0.611 bits per heavy atom. The van der Waals surface area contributed by atoms with Crippen LogP contribution >= 0.6 is 0 Å². The van der Waals surface area contributed by atoms with Crippen LogP contribution in [0.25, 0.3) is 0 Å². The molecule has 12 atom stereocenters. The van der Waals surface area contributed by atoms with E-state index in [1.165, 1.54) is 0 Å². The maximum atomic E-state index is 14.8. The molecule has 6 rings (SSSR count). The Labute approximate surface area is 566 Å². The number of Topliss-reactive ketones (excluding diaryl/α,β-unsaturated/α-hetero) is 2. The number of amides is 6. The van der Waals surface area contributed by atoms with Gasteiger partial charge in [0.15, 0.2) is 11.6 Å². The summed E-state index contributed by atoms with van der Waals surface area (Å²) in [6, 6.07) is 31.6. The van der Waals surface area contributed by atoms with Crippen molar-refractivity contribution in [2.24, 2.45) is 35.5 Å². The predicted octanol–water partition coefficient (Wildman–Crippen LogP) is 8.91. The fourth-order valence-electron chi connectivity index (χ4n) is 12.2. The van der Waals surface area contributed by atoms with Crippen molar-refractivity contribution in [2.45, 2.75) is 226 Å². The average molecular weight is 1310 g/mol. The van der Waals surface area contributed by atoms with E-state index in [2.05, 4.69) is 56.4 Å². The number of rotatable bonds is 44. The van der Waals surface area contributed by atoms with E-state index in [9.17, 15) is 38.4 Å². The maximum Gasteiger partial charge on any atom is 0.243 e. The number of ketones is 2. The van der Waals surface area contributed by atoms with Crippen molar-refractivity contribution in [2.75, 3.05) is 26.3 Å². The molecule has 0 bridgehead atoms. The molecule has 0 aliphatic carbocycles. The average Bonchev–Trinajstić information content (AvgIpc) is 1.67. The normalized spacial score (nSPS) is 19.0. The van der Waals surface area contributed by atoms with E-state index in [1.807, 2.05) is 177 Å². The molecule has 2 unspecified atom stereocenters. The molecule has 8 N–H and O–H groups in total. The summed E-state index contributed by atoms with van der Waals surface area (Å²) in [7, 11) is 0. The van der Waals surface area contributed by atoms with Crippen LogP contribution in [0.3, 0.4) is 0 Å². The molecular weight excluding hydrogens is 1200 g/mol. The van der Waals surface area contributed by atoms with Gasteiger partial charge in [0.05, 0.1) is 37.4 Å². The molecular formula is C77H112N8O10. The van der Waals surface area contributed by atoms with Crippen molar-refractivity contribution in [1.82, 2.24) is 42.5 Å². The highest BCUT2D eigenvalue weighted by Gasteiger charge is 2.51. The van der Waals surface area contributed by atoms with E-state index in [-0.39, 0.29) is 84.9 Å². The van der Waals surface area contributed by atoms with Crippen LogP contribution in [0.15, 0.2) is 121 Å². The van der Waals surface area contributed by atoms with Crippen LogP contribution in [-0.4, -0.2) is 133 Å². The van der Waals surface area contributed by atoms with Crippen molar-refractivity contribution < 1.29 is 47.8 Å². The van der Waals surface area contributed by atoms with Gasteiger partial charge in [-0.25, -0.2) is 0 Å². The Hall–Kier alpha value is -7.12. The van der Waals surface area contributed by atoms with Gasteiger partial charge in [-0.1, -0.05) is 203 Å². The largest absolute Gasteiger partial charge is 0.361 e. The zero-order chi connectivity index (χ0) is 69.2. The first-order valence-electron chi connectivity index (χ1n) is 35.1. The van der Waals surface area contributed by atoms with Gasteiger partial charge in [-0.15, -0.1) is 0 Å². The molecule has 520 valence electrons. The molecule has 6 amide bonds. The fraction of sp³-hybridized carbons (Fsp3) is 0.584. The zero-order valence-corrected chi connectivity index (χ0v) is 58.7. The lowest BCUT2D eigenvalue weighted by atomic mass is 9.89. The summed E-state index contributed by atoms with van der Waals surface area (Å²) < 4.78 is 11.0. The second kappa shape index (κ2) is 38.0. The van der Waals surface area contributed by atoms with Crippen LogP contribution in [0.2, 0.25) is 0 Å². The van der Waals surface area contributed by atoms with Crippen LogP contribution in [0.4, 0.5) is 0 Å². The smallest absolute Gasteiger partial charge is 0.243 e. The van der Waals surface area contributed by atoms with E-state index in [0.29, 0.717) is 64.5 Å². The van der Waals surface area contributed by atoms with Crippen molar-refractivity contribution in [3.63, 3.8) is 0 Å². The summed E-state index contributed by atoms with van der Waals surface area (Å²) in [6.07, 6.45) is 6.16. The van der Waals surface area contributed by atoms with Gasteiger partial charge in [-0.2, -0.15) is 0 Å². The van der Waals surface area contributed by atoms with Gasteiger partial charge in [0.1, 0.15) is 35.4 Å². The topological polar surface area (TPSA) is 258 Å². The number of ether oxygens (including phenoxy) is 2. The van der Waals surface area contributed by atoms with E-state index in [4.69, 9.17) is 9.47 Å². The molecule has 2 fully saturated rings. The summed E-state index contributed by atoms with van der Waals surface area (Å²) in [5.41, 5.74) is 1.84. The highest BCUT2D eigenvalue weighted by atomic mass is 16.6. The van der Waals surface area contributed by atoms with Crippen LogP contribution in [-0.2, 0) is 73.5 Å². The molecule has 2 heterocycles. The van der Waals surface area contributed by atoms with Crippen molar-refractivity contribution in [1.29, 1.82) is 0 Å². The van der Waals surface area contributed by atoms with Gasteiger partial charge >= 0.3 is 0 Å². The minimum atomic E-state index is -1.06. The summed E-state index contributed by atoms with van der Waals surface area (Å²) in [5, 5.41) is 25.5. The maximum absolute atomic E-state index is 14.8. The third-order valence-electron chi connectivity index (χ3n) is 18.3. The van der Waals surface area contributed by atoms with Gasteiger partial charge in [-0.3, -0.25) is 38.4 Å². The first-order valence-corrected chi connectivity index (χ1v) is 35.1. The van der Waals surface area contributed by atoms with E-state index < -0.39 is 83.2 Å². The molecule has 18 heteroatoms. The first-order chi connectivity index (χ1) is 45.3. The lowest BCUT2D eigenvalue weighted by Crippen LogP contribution is -2.59. The Bertz CT molecular complexity index is 2850. The lowest BCUT2D eigenvalue weighted by molar-refractivity contribution is -0.134. The van der Waals surface area contributed by atoms with Crippen LogP contribution in [0.5, 0.6) is 0 Å². The van der Waals surface area contributed by atoms with Crippen molar-refractivity contribution >= 4 is 47.0 Å². The third-order valence-corrected chi connectivity index (χ3v) is 18.3. The van der Waals surface area contributed by atoms with Crippen LogP contribution in [0.1, 0.15) is 163 Å². The predicted molar refractivity (Wildman–Crippen MR) is 374 cm³/mol. The van der Waals surface area contributed by atoms with Gasteiger partial charge in [0, 0.05) is 12.8 Å². The molecule has 0 radical (unpaired) electrons. The van der Waals surface area contributed by atoms with Crippen LogP contribution < -0.4 is 42.5 Å². The number of carbonyl (C=O) groups excluding carboxylic acids is 8. The molecule has 4 aromatic carbocycles.